The maximum Gasteiger partial charge on any atom is 0.165 e. The topological polar surface area (TPSA) is 69.4 Å². The van der Waals surface area contributed by atoms with Gasteiger partial charge in [0.2, 0.25) is 0 Å². The second-order valence-electron chi connectivity index (χ2n) is 5.71. The molecule has 7 heteroatoms. The van der Waals surface area contributed by atoms with E-state index in [1.807, 2.05) is 18.2 Å². The number of aryl methyl sites for hydroxylation is 1. The molecule has 2 aromatic carbocycles. The SMILES string of the molecule is Cc1nc(C(O)c2cccc(Cl)c2)n(-c2ccc3c(c2)OCCO3)n1. The largest absolute Gasteiger partial charge is 0.486 e. The molecule has 0 bridgehead atoms. The Hall–Kier alpha value is -2.57. The fraction of sp³-hybridized carbons (Fsp3) is 0.222. The molecule has 1 unspecified atom stereocenters. The van der Waals surface area contributed by atoms with Crippen molar-refractivity contribution in [2.75, 3.05) is 13.2 Å². The van der Waals surface area contributed by atoms with Gasteiger partial charge < -0.3 is 14.6 Å². The Morgan fingerprint density at radius 1 is 1.12 bits per heavy atom. The lowest BCUT2D eigenvalue weighted by Gasteiger charge is -2.19. The minimum atomic E-state index is -0.951. The van der Waals surface area contributed by atoms with Crippen molar-refractivity contribution >= 4 is 11.6 Å². The number of hydrogen-bond donors (Lipinski definition) is 1. The third-order valence-electron chi connectivity index (χ3n) is 3.92. The van der Waals surface area contributed by atoms with E-state index >= 15 is 0 Å². The molecule has 0 radical (unpaired) electrons. The van der Waals surface area contributed by atoms with Gasteiger partial charge in [-0.2, -0.15) is 5.10 Å². The van der Waals surface area contributed by atoms with Crippen LogP contribution in [0.2, 0.25) is 5.02 Å². The standard InChI is InChI=1S/C18H16ClN3O3/c1-11-20-18(17(23)12-3-2-4-13(19)9-12)22(21-11)14-5-6-15-16(10-14)25-8-7-24-15/h2-6,9-10,17,23H,7-8H2,1H3. The molecule has 1 aromatic heterocycles. The zero-order valence-electron chi connectivity index (χ0n) is 13.5. The van der Waals surface area contributed by atoms with Gasteiger partial charge in [-0.15, -0.1) is 0 Å². The predicted octanol–water partition coefficient (Wildman–Crippen LogP) is 3.08. The van der Waals surface area contributed by atoms with Gasteiger partial charge in [0.15, 0.2) is 17.3 Å². The highest BCUT2D eigenvalue weighted by atomic mass is 35.5. The Kier molecular flexibility index (Phi) is 4.07. The number of hydrogen-bond acceptors (Lipinski definition) is 5. The van der Waals surface area contributed by atoms with Crippen LogP contribution in [0.5, 0.6) is 11.5 Å². The molecule has 0 saturated heterocycles. The number of fused-ring (bicyclic) bond motifs is 1. The maximum absolute atomic E-state index is 10.8. The molecule has 25 heavy (non-hydrogen) atoms. The quantitative estimate of drug-likeness (QED) is 0.780. The number of ether oxygens (including phenoxy) is 2. The van der Waals surface area contributed by atoms with E-state index in [9.17, 15) is 5.11 Å². The Bertz CT molecular complexity index is 926. The van der Waals surface area contributed by atoms with Crippen molar-refractivity contribution in [1.29, 1.82) is 0 Å². The van der Waals surface area contributed by atoms with Crippen LogP contribution in [0.3, 0.4) is 0 Å². The molecule has 128 valence electrons. The molecule has 1 atom stereocenters. The fourth-order valence-corrected chi connectivity index (χ4v) is 2.99. The summed E-state index contributed by atoms with van der Waals surface area (Å²) in [7, 11) is 0. The molecular weight excluding hydrogens is 342 g/mol. The number of benzene rings is 2. The average Bonchev–Trinajstić information content (AvgIpc) is 3.02. The third kappa shape index (κ3) is 3.06. The minimum absolute atomic E-state index is 0.413. The highest BCUT2D eigenvalue weighted by Crippen LogP contribution is 2.33. The minimum Gasteiger partial charge on any atom is -0.486 e. The van der Waals surface area contributed by atoms with Crippen LogP contribution < -0.4 is 9.47 Å². The van der Waals surface area contributed by atoms with Crippen molar-refractivity contribution in [3.63, 3.8) is 0 Å². The van der Waals surface area contributed by atoms with Crippen molar-refractivity contribution < 1.29 is 14.6 Å². The van der Waals surface area contributed by atoms with Gasteiger partial charge in [0.1, 0.15) is 25.1 Å². The van der Waals surface area contributed by atoms with Crippen LogP contribution >= 0.6 is 11.6 Å². The van der Waals surface area contributed by atoms with Crippen LogP contribution in [0.4, 0.5) is 0 Å². The molecule has 0 spiro atoms. The molecule has 0 saturated carbocycles. The van der Waals surface area contributed by atoms with Gasteiger partial charge in [0.05, 0.1) is 5.69 Å². The Morgan fingerprint density at radius 3 is 2.72 bits per heavy atom. The average molecular weight is 358 g/mol. The third-order valence-corrected chi connectivity index (χ3v) is 4.15. The first-order chi connectivity index (χ1) is 12.1. The summed E-state index contributed by atoms with van der Waals surface area (Å²) in [5, 5.41) is 15.7. The van der Waals surface area contributed by atoms with E-state index < -0.39 is 6.10 Å². The van der Waals surface area contributed by atoms with Gasteiger partial charge in [0, 0.05) is 11.1 Å². The Morgan fingerprint density at radius 2 is 1.92 bits per heavy atom. The summed E-state index contributed by atoms with van der Waals surface area (Å²) < 4.78 is 12.8. The van der Waals surface area contributed by atoms with Gasteiger partial charge in [0.25, 0.3) is 0 Å². The molecule has 0 fully saturated rings. The first-order valence-electron chi connectivity index (χ1n) is 7.89. The summed E-state index contributed by atoms with van der Waals surface area (Å²) in [6.45, 7) is 2.82. The number of aromatic nitrogens is 3. The predicted molar refractivity (Wildman–Crippen MR) is 92.6 cm³/mol. The molecule has 0 amide bonds. The summed E-state index contributed by atoms with van der Waals surface area (Å²) in [4.78, 5) is 4.39. The van der Waals surface area contributed by atoms with Crippen molar-refractivity contribution in [3.8, 4) is 17.2 Å². The molecule has 2 heterocycles. The van der Waals surface area contributed by atoms with Crippen LogP contribution in [0.15, 0.2) is 42.5 Å². The summed E-state index contributed by atoms with van der Waals surface area (Å²) in [6, 6.07) is 12.6. The highest BCUT2D eigenvalue weighted by Gasteiger charge is 2.21. The summed E-state index contributed by atoms with van der Waals surface area (Å²) in [5.41, 5.74) is 1.39. The lowest BCUT2D eigenvalue weighted by Crippen LogP contribution is -2.16. The molecule has 6 nitrogen and oxygen atoms in total. The fourth-order valence-electron chi connectivity index (χ4n) is 2.79. The Balaban J connectivity index is 1.76. The number of rotatable bonds is 3. The highest BCUT2D eigenvalue weighted by molar-refractivity contribution is 6.30. The van der Waals surface area contributed by atoms with Crippen LogP contribution in [0.25, 0.3) is 5.69 Å². The molecule has 0 aliphatic carbocycles. The maximum atomic E-state index is 10.8. The van der Waals surface area contributed by atoms with Crippen LogP contribution in [0.1, 0.15) is 23.3 Å². The molecule has 1 aliphatic heterocycles. The number of nitrogens with zero attached hydrogens (tertiary/aromatic N) is 3. The monoisotopic (exact) mass is 357 g/mol. The molecule has 4 rings (SSSR count). The van der Waals surface area contributed by atoms with E-state index in [2.05, 4.69) is 10.1 Å². The zero-order chi connectivity index (χ0) is 17.4. The first-order valence-corrected chi connectivity index (χ1v) is 8.27. The van der Waals surface area contributed by atoms with Crippen molar-refractivity contribution in [2.45, 2.75) is 13.0 Å². The summed E-state index contributed by atoms with van der Waals surface area (Å²) in [6.07, 6.45) is -0.951. The van der Waals surface area contributed by atoms with Crippen LogP contribution in [-0.2, 0) is 0 Å². The molecule has 1 aliphatic rings. The van der Waals surface area contributed by atoms with E-state index in [1.54, 1.807) is 35.9 Å². The molecule has 3 aromatic rings. The van der Waals surface area contributed by atoms with Crippen LogP contribution in [-0.4, -0.2) is 33.1 Å². The van der Waals surface area contributed by atoms with Gasteiger partial charge in [-0.3, -0.25) is 0 Å². The molecule has 1 N–H and O–H groups in total. The molecular formula is C18H16ClN3O3. The van der Waals surface area contributed by atoms with E-state index in [1.165, 1.54) is 0 Å². The van der Waals surface area contributed by atoms with E-state index in [0.29, 0.717) is 46.9 Å². The van der Waals surface area contributed by atoms with Gasteiger partial charge in [-0.05, 0) is 36.8 Å². The van der Waals surface area contributed by atoms with Crippen molar-refractivity contribution in [3.05, 3.63) is 64.7 Å². The number of aliphatic hydroxyl groups is 1. The second kappa shape index (κ2) is 6.38. The van der Waals surface area contributed by atoms with Crippen LogP contribution in [0, 0.1) is 6.92 Å². The van der Waals surface area contributed by atoms with E-state index in [4.69, 9.17) is 21.1 Å². The smallest absolute Gasteiger partial charge is 0.165 e. The number of halogens is 1. The number of aliphatic hydroxyl groups excluding tert-OH is 1. The van der Waals surface area contributed by atoms with E-state index in [0.717, 1.165) is 5.69 Å². The zero-order valence-corrected chi connectivity index (χ0v) is 14.3. The van der Waals surface area contributed by atoms with Crippen molar-refractivity contribution in [2.24, 2.45) is 0 Å². The van der Waals surface area contributed by atoms with Gasteiger partial charge in [-0.25, -0.2) is 9.67 Å². The van der Waals surface area contributed by atoms with E-state index in [-0.39, 0.29) is 0 Å². The second-order valence-corrected chi connectivity index (χ2v) is 6.15. The first kappa shape index (κ1) is 15.9. The van der Waals surface area contributed by atoms with Crippen molar-refractivity contribution in [1.82, 2.24) is 14.8 Å². The summed E-state index contributed by atoms with van der Waals surface area (Å²) in [5.74, 6) is 2.33. The lowest BCUT2D eigenvalue weighted by molar-refractivity contribution is 0.171. The normalized spacial score (nSPS) is 14.4. The summed E-state index contributed by atoms with van der Waals surface area (Å²) >= 11 is 6.03. The van der Waals surface area contributed by atoms with Gasteiger partial charge in [-0.1, -0.05) is 23.7 Å². The Labute approximate surface area is 149 Å². The van der Waals surface area contributed by atoms with Gasteiger partial charge >= 0.3 is 0 Å². The lowest BCUT2D eigenvalue weighted by atomic mass is 10.1.